The topological polar surface area (TPSA) is 52.6 Å². The van der Waals surface area contributed by atoms with E-state index in [9.17, 15) is 9.59 Å². The van der Waals surface area contributed by atoms with Gasteiger partial charge >= 0.3 is 11.9 Å². The van der Waals surface area contributed by atoms with Gasteiger partial charge in [0.1, 0.15) is 11.5 Å². The second-order valence-corrected chi connectivity index (χ2v) is 9.38. The first-order chi connectivity index (χ1) is 12.5. The Bertz CT molecular complexity index is 552. The third-order valence-corrected chi connectivity index (χ3v) is 7.75. The van der Waals surface area contributed by atoms with Crippen LogP contribution in [0.25, 0.3) is 0 Å². The summed E-state index contributed by atoms with van der Waals surface area (Å²) in [6.45, 7) is 3.06. The number of quaternary nitrogens is 1. The van der Waals surface area contributed by atoms with Crippen LogP contribution in [0.3, 0.4) is 0 Å². The Morgan fingerprint density at radius 3 is 2.69 bits per heavy atom. The molecule has 0 aromatic rings. The molecule has 2 unspecified atom stereocenters. The Balaban J connectivity index is 1.39. The van der Waals surface area contributed by atoms with E-state index in [4.69, 9.17) is 9.47 Å². The molecule has 1 aliphatic carbocycles. The van der Waals surface area contributed by atoms with Crippen LogP contribution in [0, 0.1) is 11.8 Å². The molecule has 5 nitrogen and oxygen atoms in total. The van der Waals surface area contributed by atoms with E-state index in [0.717, 1.165) is 36.6 Å². The lowest BCUT2D eigenvalue weighted by atomic mass is 9.76. The highest BCUT2D eigenvalue weighted by atomic mass is 16.6. The van der Waals surface area contributed by atoms with E-state index in [-0.39, 0.29) is 24.3 Å². The fourth-order valence-corrected chi connectivity index (χ4v) is 6.31. The van der Waals surface area contributed by atoms with Crippen molar-refractivity contribution in [1.82, 2.24) is 0 Å². The fraction of sp³-hybridized carbons (Fsp3) is 0.905. The number of nitrogens with zero attached hydrogens (tertiary/aromatic N) is 1. The van der Waals surface area contributed by atoms with Crippen molar-refractivity contribution in [3.8, 4) is 0 Å². The van der Waals surface area contributed by atoms with E-state index >= 15 is 0 Å². The predicted octanol–water partition coefficient (Wildman–Crippen LogP) is 3.20. The number of fused-ring (bicyclic) bond motifs is 1. The summed E-state index contributed by atoms with van der Waals surface area (Å²) in [6, 6.07) is 0.635. The molecule has 0 amide bonds. The van der Waals surface area contributed by atoms with E-state index in [1.54, 1.807) is 0 Å². The first-order valence-corrected chi connectivity index (χ1v) is 10.8. The molecule has 4 rings (SSSR count). The number of piperidine rings is 2. The molecule has 5 heteroatoms. The predicted molar refractivity (Wildman–Crippen MR) is 97.3 cm³/mol. The Morgan fingerprint density at radius 1 is 1.12 bits per heavy atom. The molecular weight excluding hydrogens is 330 g/mol. The first-order valence-electron chi connectivity index (χ1n) is 10.8. The SMILES string of the molecule is C[N+]12CCCC[C@H]1[C@@H](COC(=O)C1CC(=O)OC13CCCCC3)CCC2. The Morgan fingerprint density at radius 2 is 1.88 bits per heavy atom. The van der Waals surface area contributed by atoms with Crippen LogP contribution in [0.1, 0.15) is 70.6 Å². The van der Waals surface area contributed by atoms with Gasteiger partial charge in [-0.2, -0.15) is 0 Å². The van der Waals surface area contributed by atoms with E-state index in [1.807, 2.05) is 0 Å². The lowest BCUT2D eigenvalue weighted by molar-refractivity contribution is -0.947. The molecule has 0 radical (unpaired) electrons. The van der Waals surface area contributed by atoms with Crippen molar-refractivity contribution in [3.63, 3.8) is 0 Å². The quantitative estimate of drug-likeness (QED) is 0.570. The monoisotopic (exact) mass is 364 g/mol. The maximum Gasteiger partial charge on any atom is 0.313 e. The van der Waals surface area contributed by atoms with Gasteiger partial charge in [0.05, 0.1) is 39.2 Å². The Hall–Kier alpha value is -1.10. The van der Waals surface area contributed by atoms with E-state index in [0.29, 0.717) is 18.6 Å². The summed E-state index contributed by atoms with van der Waals surface area (Å²) in [7, 11) is 2.39. The van der Waals surface area contributed by atoms with Crippen molar-refractivity contribution in [1.29, 1.82) is 0 Å². The van der Waals surface area contributed by atoms with E-state index in [2.05, 4.69) is 7.05 Å². The average Bonchev–Trinajstić information content (AvgIpc) is 2.95. The van der Waals surface area contributed by atoms with Crippen molar-refractivity contribution < 1.29 is 23.5 Å². The summed E-state index contributed by atoms with van der Waals surface area (Å²) < 4.78 is 12.7. The smallest absolute Gasteiger partial charge is 0.313 e. The van der Waals surface area contributed by atoms with Crippen LogP contribution < -0.4 is 0 Å². The number of hydrogen-bond acceptors (Lipinski definition) is 4. The van der Waals surface area contributed by atoms with Crippen LogP contribution in [-0.2, 0) is 19.1 Å². The molecular formula is C21H34NO4+. The van der Waals surface area contributed by atoms with Crippen LogP contribution in [0.4, 0.5) is 0 Å². The summed E-state index contributed by atoms with van der Waals surface area (Å²) in [5.74, 6) is -0.319. The molecule has 0 aromatic heterocycles. The Labute approximate surface area is 157 Å². The summed E-state index contributed by atoms with van der Waals surface area (Å²) in [5, 5.41) is 0. The van der Waals surface area contributed by atoms with Gasteiger partial charge in [0, 0.05) is 12.3 Å². The lowest BCUT2D eigenvalue weighted by Crippen LogP contribution is -2.61. The van der Waals surface area contributed by atoms with Crippen molar-refractivity contribution in [2.24, 2.45) is 11.8 Å². The molecule has 26 heavy (non-hydrogen) atoms. The summed E-state index contributed by atoms with van der Waals surface area (Å²) in [6.07, 6.45) is 11.4. The van der Waals surface area contributed by atoms with Crippen LogP contribution in [0.2, 0.25) is 0 Å². The van der Waals surface area contributed by atoms with Crippen LogP contribution >= 0.6 is 0 Å². The maximum absolute atomic E-state index is 12.9. The van der Waals surface area contributed by atoms with Gasteiger partial charge in [0.2, 0.25) is 0 Å². The van der Waals surface area contributed by atoms with Gasteiger partial charge in [-0.3, -0.25) is 9.59 Å². The molecule has 146 valence electrons. The standard InChI is InChI=1S/C21H34NO4/c1-22-12-6-3-9-18(22)16(8-7-13-22)15-25-20(24)17-14-19(23)26-21(17)10-4-2-5-11-21/h16-18H,2-15H2,1H3/q+1/t16-,17?,18+,22?/m1/s1. The molecule has 0 aromatic carbocycles. The zero-order valence-corrected chi connectivity index (χ0v) is 16.2. The molecule has 4 aliphatic rings. The number of carbonyl (C=O) groups is 2. The van der Waals surface area contributed by atoms with Gasteiger partial charge in [0.15, 0.2) is 0 Å². The second kappa shape index (κ2) is 7.14. The first kappa shape index (κ1) is 18.3. The second-order valence-electron chi connectivity index (χ2n) is 9.38. The minimum atomic E-state index is -0.561. The molecule has 0 bridgehead atoms. The highest BCUT2D eigenvalue weighted by molar-refractivity contribution is 5.84. The van der Waals surface area contributed by atoms with Crippen molar-refractivity contribution in [2.45, 2.75) is 82.3 Å². The molecule has 4 atom stereocenters. The van der Waals surface area contributed by atoms with Crippen molar-refractivity contribution in [2.75, 3.05) is 26.7 Å². The van der Waals surface area contributed by atoms with Crippen LogP contribution in [0.5, 0.6) is 0 Å². The fourth-order valence-electron chi connectivity index (χ4n) is 6.31. The molecule has 3 heterocycles. The number of esters is 2. The van der Waals surface area contributed by atoms with Gasteiger partial charge in [-0.25, -0.2) is 0 Å². The van der Waals surface area contributed by atoms with Crippen LogP contribution in [0.15, 0.2) is 0 Å². The molecule has 1 saturated carbocycles. The van der Waals surface area contributed by atoms with Gasteiger partial charge in [-0.05, 0) is 51.4 Å². The largest absolute Gasteiger partial charge is 0.465 e. The van der Waals surface area contributed by atoms with Crippen molar-refractivity contribution in [3.05, 3.63) is 0 Å². The van der Waals surface area contributed by atoms with E-state index < -0.39 is 5.60 Å². The molecule has 4 fully saturated rings. The summed E-state index contributed by atoms with van der Waals surface area (Å²) >= 11 is 0. The number of rotatable bonds is 3. The third kappa shape index (κ3) is 3.28. The van der Waals surface area contributed by atoms with Crippen molar-refractivity contribution >= 4 is 11.9 Å². The zero-order valence-electron chi connectivity index (χ0n) is 16.2. The molecule has 0 N–H and O–H groups in total. The minimum Gasteiger partial charge on any atom is -0.465 e. The summed E-state index contributed by atoms with van der Waals surface area (Å²) in [5.41, 5.74) is -0.561. The van der Waals surface area contributed by atoms with Gasteiger partial charge in [-0.15, -0.1) is 0 Å². The average molecular weight is 365 g/mol. The normalized spacial score (nSPS) is 39.3. The van der Waals surface area contributed by atoms with E-state index in [1.165, 1.54) is 45.2 Å². The number of hydrogen-bond donors (Lipinski definition) is 0. The minimum absolute atomic E-state index is 0.187. The maximum atomic E-state index is 12.9. The zero-order chi connectivity index (χ0) is 18.2. The van der Waals surface area contributed by atoms with Crippen LogP contribution in [-0.4, -0.2) is 54.8 Å². The lowest BCUT2D eigenvalue weighted by Gasteiger charge is -2.51. The van der Waals surface area contributed by atoms with Gasteiger partial charge in [0.25, 0.3) is 0 Å². The number of ether oxygens (including phenoxy) is 2. The third-order valence-electron chi connectivity index (χ3n) is 7.75. The Kier molecular flexibility index (Phi) is 5.02. The molecule has 3 saturated heterocycles. The van der Waals surface area contributed by atoms with Gasteiger partial charge < -0.3 is 14.0 Å². The highest BCUT2D eigenvalue weighted by Crippen LogP contribution is 2.45. The number of carbonyl (C=O) groups excluding carboxylic acids is 2. The van der Waals surface area contributed by atoms with Gasteiger partial charge in [-0.1, -0.05) is 6.42 Å². The molecule has 3 aliphatic heterocycles. The molecule has 1 spiro atoms. The highest BCUT2D eigenvalue weighted by Gasteiger charge is 2.54. The summed E-state index contributed by atoms with van der Waals surface area (Å²) in [4.78, 5) is 24.8.